The Morgan fingerprint density at radius 2 is 1.94 bits per heavy atom. The number of para-hydroxylation sites is 1. The summed E-state index contributed by atoms with van der Waals surface area (Å²) in [6.45, 7) is 2.55. The van der Waals surface area contributed by atoms with Gasteiger partial charge in [0.1, 0.15) is 0 Å². The molecule has 88 valence electrons. The maximum atomic E-state index is 11.8. The molecule has 3 nitrogen and oxygen atoms in total. The van der Waals surface area contributed by atoms with Crippen molar-refractivity contribution in [2.45, 2.75) is 6.92 Å². The second-order valence-corrected chi connectivity index (χ2v) is 5.25. The number of carbonyl (C=O) groups is 1. The van der Waals surface area contributed by atoms with Gasteiger partial charge in [0, 0.05) is 21.4 Å². The minimum Gasteiger partial charge on any atom is -0.324 e. The van der Waals surface area contributed by atoms with Crippen molar-refractivity contribution in [1.29, 1.82) is 0 Å². The first kappa shape index (κ1) is 13.7. The normalized spacial score (nSPS) is 12.2. The Labute approximate surface area is 112 Å². The number of nitrogens with one attached hydrogen (secondary N) is 2. The van der Waals surface area contributed by atoms with E-state index in [1.807, 2.05) is 32.2 Å². The van der Waals surface area contributed by atoms with E-state index >= 15 is 0 Å². The quantitative estimate of drug-likeness (QED) is 0.877. The number of carbonyl (C=O) groups excluding carboxylic acids is 1. The molecular formula is C11H14Br2N2O. The van der Waals surface area contributed by atoms with Gasteiger partial charge in [0.25, 0.3) is 0 Å². The third kappa shape index (κ3) is 3.57. The summed E-state index contributed by atoms with van der Waals surface area (Å²) in [5.74, 6) is -0.0639. The van der Waals surface area contributed by atoms with E-state index in [1.54, 1.807) is 0 Å². The third-order valence-electron chi connectivity index (χ3n) is 2.17. The van der Waals surface area contributed by atoms with E-state index < -0.39 is 0 Å². The highest BCUT2D eigenvalue weighted by Crippen LogP contribution is 2.30. The fraction of sp³-hybridized carbons (Fsp3) is 0.364. The summed E-state index contributed by atoms with van der Waals surface area (Å²) in [5.41, 5.74) is 0.774. The highest BCUT2D eigenvalue weighted by atomic mass is 79.9. The van der Waals surface area contributed by atoms with Gasteiger partial charge in [-0.2, -0.15) is 0 Å². The molecule has 16 heavy (non-hydrogen) atoms. The molecule has 0 aliphatic carbocycles. The highest BCUT2D eigenvalue weighted by molar-refractivity contribution is 9.11. The molecule has 1 atom stereocenters. The van der Waals surface area contributed by atoms with E-state index in [0.29, 0.717) is 6.54 Å². The highest BCUT2D eigenvalue weighted by Gasteiger charge is 2.14. The summed E-state index contributed by atoms with van der Waals surface area (Å²) in [6, 6.07) is 5.69. The number of rotatable bonds is 4. The topological polar surface area (TPSA) is 41.1 Å². The molecule has 1 amide bonds. The first-order valence-corrected chi connectivity index (χ1v) is 6.54. The molecular weight excluding hydrogens is 336 g/mol. The fourth-order valence-corrected chi connectivity index (χ4v) is 2.46. The molecule has 0 bridgehead atoms. The van der Waals surface area contributed by atoms with E-state index in [-0.39, 0.29) is 11.8 Å². The molecule has 1 unspecified atom stereocenters. The van der Waals surface area contributed by atoms with Crippen LogP contribution in [0.3, 0.4) is 0 Å². The van der Waals surface area contributed by atoms with Crippen LogP contribution in [0, 0.1) is 5.92 Å². The summed E-state index contributed by atoms with van der Waals surface area (Å²) in [6.07, 6.45) is 0. The number of anilines is 1. The summed E-state index contributed by atoms with van der Waals surface area (Å²) in [7, 11) is 1.83. The van der Waals surface area contributed by atoms with Crippen LogP contribution in [-0.4, -0.2) is 19.5 Å². The Morgan fingerprint density at radius 1 is 1.38 bits per heavy atom. The van der Waals surface area contributed by atoms with Crippen molar-refractivity contribution in [1.82, 2.24) is 5.32 Å². The monoisotopic (exact) mass is 348 g/mol. The van der Waals surface area contributed by atoms with E-state index in [0.717, 1.165) is 14.6 Å². The minimum absolute atomic E-state index is 0.00181. The standard InChI is InChI=1S/C11H14Br2N2O/c1-7(6-14-2)11(16)15-10-8(12)4-3-5-9(10)13/h3-5,7,14H,6H2,1-2H3,(H,15,16). The van der Waals surface area contributed by atoms with Crippen LogP contribution in [-0.2, 0) is 4.79 Å². The summed E-state index contributed by atoms with van der Waals surface area (Å²) >= 11 is 6.81. The Morgan fingerprint density at radius 3 is 2.44 bits per heavy atom. The van der Waals surface area contributed by atoms with Gasteiger partial charge in [-0.3, -0.25) is 4.79 Å². The van der Waals surface area contributed by atoms with Gasteiger partial charge in [0.05, 0.1) is 5.69 Å². The Kier molecular flexibility index (Phi) is 5.44. The lowest BCUT2D eigenvalue weighted by atomic mass is 10.1. The molecule has 0 aliphatic heterocycles. The van der Waals surface area contributed by atoms with Gasteiger partial charge in [-0.25, -0.2) is 0 Å². The van der Waals surface area contributed by atoms with Gasteiger partial charge >= 0.3 is 0 Å². The average molecular weight is 350 g/mol. The zero-order chi connectivity index (χ0) is 12.1. The third-order valence-corrected chi connectivity index (χ3v) is 3.49. The maximum Gasteiger partial charge on any atom is 0.228 e. The van der Waals surface area contributed by atoms with Crippen LogP contribution in [0.5, 0.6) is 0 Å². The molecule has 1 rings (SSSR count). The average Bonchev–Trinajstić information content (AvgIpc) is 2.23. The van der Waals surface area contributed by atoms with Gasteiger partial charge in [-0.1, -0.05) is 13.0 Å². The Hall–Kier alpha value is -0.390. The van der Waals surface area contributed by atoms with Gasteiger partial charge in [-0.05, 0) is 51.0 Å². The predicted molar refractivity (Wildman–Crippen MR) is 73.6 cm³/mol. The molecule has 0 spiro atoms. The number of halogens is 2. The summed E-state index contributed by atoms with van der Waals surface area (Å²) < 4.78 is 1.73. The number of hydrogen-bond donors (Lipinski definition) is 2. The molecule has 5 heteroatoms. The first-order chi connectivity index (χ1) is 7.56. The molecule has 0 saturated carbocycles. The van der Waals surface area contributed by atoms with Crippen molar-refractivity contribution in [2.75, 3.05) is 18.9 Å². The van der Waals surface area contributed by atoms with Gasteiger partial charge in [0.2, 0.25) is 5.91 Å². The lowest BCUT2D eigenvalue weighted by molar-refractivity contribution is -0.119. The SMILES string of the molecule is CNCC(C)C(=O)Nc1c(Br)cccc1Br. The van der Waals surface area contributed by atoms with Crippen molar-refractivity contribution in [3.63, 3.8) is 0 Å². The predicted octanol–water partition coefficient (Wildman–Crippen LogP) is 3.01. The van der Waals surface area contributed by atoms with Gasteiger partial charge < -0.3 is 10.6 Å². The van der Waals surface area contributed by atoms with Crippen LogP contribution in [0.4, 0.5) is 5.69 Å². The number of amides is 1. The zero-order valence-electron chi connectivity index (χ0n) is 9.18. The minimum atomic E-state index is -0.0657. The molecule has 1 aromatic carbocycles. The van der Waals surface area contributed by atoms with Crippen LogP contribution in [0.2, 0.25) is 0 Å². The van der Waals surface area contributed by atoms with E-state index in [2.05, 4.69) is 42.5 Å². The van der Waals surface area contributed by atoms with Crippen LogP contribution >= 0.6 is 31.9 Å². The van der Waals surface area contributed by atoms with E-state index in [4.69, 9.17) is 0 Å². The summed E-state index contributed by atoms with van der Waals surface area (Å²) in [4.78, 5) is 11.8. The van der Waals surface area contributed by atoms with Gasteiger partial charge in [0.15, 0.2) is 0 Å². The lowest BCUT2D eigenvalue weighted by Crippen LogP contribution is -2.28. The Bertz CT molecular complexity index is 362. The van der Waals surface area contributed by atoms with Gasteiger partial charge in [-0.15, -0.1) is 0 Å². The second kappa shape index (κ2) is 6.37. The molecule has 2 N–H and O–H groups in total. The first-order valence-electron chi connectivity index (χ1n) is 4.95. The van der Waals surface area contributed by atoms with Crippen molar-refractivity contribution in [2.24, 2.45) is 5.92 Å². The molecule has 1 aromatic rings. The van der Waals surface area contributed by atoms with Crippen LogP contribution in [0.15, 0.2) is 27.1 Å². The molecule has 0 aliphatic rings. The molecule has 0 fully saturated rings. The molecule has 0 saturated heterocycles. The largest absolute Gasteiger partial charge is 0.324 e. The van der Waals surface area contributed by atoms with Crippen LogP contribution in [0.1, 0.15) is 6.92 Å². The zero-order valence-corrected chi connectivity index (χ0v) is 12.4. The fourth-order valence-electron chi connectivity index (χ4n) is 1.26. The van der Waals surface area contributed by atoms with E-state index in [1.165, 1.54) is 0 Å². The molecule has 0 radical (unpaired) electrons. The van der Waals surface area contributed by atoms with Crippen LogP contribution < -0.4 is 10.6 Å². The molecule has 0 heterocycles. The van der Waals surface area contributed by atoms with Crippen molar-refractivity contribution in [3.8, 4) is 0 Å². The number of hydrogen-bond acceptors (Lipinski definition) is 2. The lowest BCUT2D eigenvalue weighted by Gasteiger charge is -2.13. The smallest absolute Gasteiger partial charge is 0.228 e. The van der Waals surface area contributed by atoms with Crippen molar-refractivity contribution in [3.05, 3.63) is 27.1 Å². The Balaban J connectivity index is 2.77. The van der Waals surface area contributed by atoms with E-state index in [9.17, 15) is 4.79 Å². The maximum absolute atomic E-state index is 11.8. The van der Waals surface area contributed by atoms with Crippen molar-refractivity contribution >= 4 is 43.5 Å². The molecule has 0 aromatic heterocycles. The number of benzene rings is 1. The second-order valence-electron chi connectivity index (χ2n) is 3.54. The van der Waals surface area contributed by atoms with Crippen molar-refractivity contribution < 1.29 is 4.79 Å². The van der Waals surface area contributed by atoms with Crippen LogP contribution in [0.25, 0.3) is 0 Å². The summed E-state index contributed by atoms with van der Waals surface area (Å²) in [5, 5.41) is 5.87.